The number of hydrogen-bond acceptors (Lipinski definition) is 5. The number of rotatable bonds is 5. The molecule has 2 amide bonds. The van der Waals surface area contributed by atoms with Crippen LogP contribution in [0.15, 0.2) is 36.7 Å². The van der Waals surface area contributed by atoms with Gasteiger partial charge in [-0.25, -0.2) is 9.97 Å². The molecule has 4 rings (SSSR count). The molecule has 164 valence electrons. The average molecular weight is 442 g/mol. The van der Waals surface area contributed by atoms with Gasteiger partial charge in [-0.1, -0.05) is 30.9 Å². The molecule has 2 fully saturated rings. The van der Waals surface area contributed by atoms with E-state index in [1.54, 1.807) is 24.3 Å². The van der Waals surface area contributed by atoms with Crippen LogP contribution in [0.4, 0.5) is 11.5 Å². The fourth-order valence-electron chi connectivity index (χ4n) is 4.52. The summed E-state index contributed by atoms with van der Waals surface area (Å²) in [4.78, 5) is 36.4. The van der Waals surface area contributed by atoms with Gasteiger partial charge >= 0.3 is 0 Å². The van der Waals surface area contributed by atoms with E-state index in [9.17, 15) is 9.59 Å². The predicted octanol–water partition coefficient (Wildman–Crippen LogP) is 4.37. The maximum absolute atomic E-state index is 12.9. The lowest BCUT2D eigenvalue weighted by molar-refractivity contribution is -0.121. The summed E-state index contributed by atoms with van der Waals surface area (Å²) in [6, 6.07) is 7.35. The first-order valence-electron chi connectivity index (χ1n) is 11.0. The second kappa shape index (κ2) is 10.2. The Hall–Kier alpha value is -2.51. The number of piperidine rings is 1. The van der Waals surface area contributed by atoms with Crippen LogP contribution in [0.2, 0.25) is 5.02 Å². The molecule has 0 spiro atoms. The lowest BCUT2D eigenvalue weighted by atomic mass is 9.90. The Labute approximate surface area is 187 Å². The summed E-state index contributed by atoms with van der Waals surface area (Å²) < 4.78 is 0. The van der Waals surface area contributed by atoms with Crippen molar-refractivity contribution in [1.82, 2.24) is 14.9 Å². The summed E-state index contributed by atoms with van der Waals surface area (Å²) in [5.41, 5.74) is 0.570. The highest BCUT2D eigenvalue weighted by Gasteiger charge is 2.30. The molecule has 2 N–H and O–H groups in total. The quantitative estimate of drug-likeness (QED) is 0.719. The van der Waals surface area contributed by atoms with Crippen molar-refractivity contribution in [2.24, 2.45) is 5.92 Å². The normalized spacial score (nSPS) is 18.5. The fraction of sp³-hybridized carbons (Fsp3) is 0.478. The third-order valence-corrected chi connectivity index (χ3v) is 6.46. The number of likely N-dealkylation sites (tertiary alicyclic amines) is 1. The summed E-state index contributed by atoms with van der Waals surface area (Å²) in [5, 5.41) is 6.10. The number of nitrogens with one attached hydrogen (secondary N) is 2. The summed E-state index contributed by atoms with van der Waals surface area (Å²) in [6.07, 6.45) is 11.2. The molecule has 1 saturated carbocycles. The van der Waals surface area contributed by atoms with Crippen molar-refractivity contribution in [1.29, 1.82) is 0 Å². The van der Waals surface area contributed by atoms with E-state index in [2.05, 4.69) is 25.5 Å². The predicted molar refractivity (Wildman–Crippen MR) is 121 cm³/mol. The average Bonchev–Trinajstić information content (AvgIpc) is 2.81. The largest absolute Gasteiger partial charge is 0.324 e. The van der Waals surface area contributed by atoms with Crippen LogP contribution in [0.5, 0.6) is 0 Å². The number of amides is 2. The van der Waals surface area contributed by atoms with Gasteiger partial charge in [0, 0.05) is 24.4 Å². The molecule has 2 aliphatic rings. The van der Waals surface area contributed by atoms with Gasteiger partial charge in [0.25, 0.3) is 5.91 Å². The minimum Gasteiger partial charge on any atom is -0.324 e. The van der Waals surface area contributed by atoms with Gasteiger partial charge in [0.15, 0.2) is 5.69 Å². The maximum atomic E-state index is 12.9. The summed E-state index contributed by atoms with van der Waals surface area (Å²) in [7, 11) is 0. The SMILES string of the molecule is O=C(Nc1ccc(Cl)cn1)c1ncccc1NC(=O)C1CCN(C2CCCCC2)CC1. The lowest BCUT2D eigenvalue weighted by Crippen LogP contribution is -2.44. The smallest absolute Gasteiger partial charge is 0.277 e. The molecule has 3 heterocycles. The Bertz CT molecular complexity index is 906. The minimum atomic E-state index is -0.433. The van der Waals surface area contributed by atoms with E-state index in [0.717, 1.165) is 25.9 Å². The zero-order valence-corrected chi connectivity index (χ0v) is 18.3. The van der Waals surface area contributed by atoms with E-state index >= 15 is 0 Å². The maximum Gasteiger partial charge on any atom is 0.277 e. The molecule has 0 bridgehead atoms. The first kappa shape index (κ1) is 21.7. The molecule has 1 aliphatic carbocycles. The number of anilines is 2. The first-order chi connectivity index (χ1) is 15.1. The highest BCUT2D eigenvalue weighted by Crippen LogP contribution is 2.28. The van der Waals surface area contributed by atoms with Crippen molar-refractivity contribution in [3.63, 3.8) is 0 Å². The molecule has 0 aromatic carbocycles. The van der Waals surface area contributed by atoms with Crippen LogP contribution in [-0.4, -0.2) is 45.8 Å². The van der Waals surface area contributed by atoms with Crippen molar-refractivity contribution in [2.45, 2.75) is 51.0 Å². The highest BCUT2D eigenvalue weighted by molar-refractivity contribution is 6.30. The number of hydrogen-bond donors (Lipinski definition) is 2. The molecule has 1 saturated heterocycles. The van der Waals surface area contributed by atoms with Crippen LogP contribution in [-0.2, 0) is 4.79 Å². The number of pyridine rings is 2. The molecule has 0 atom stereocenters. The molecule has 2 aromatic rings. The molecule has 31 heavy (non-hydrogen) atoms. The Balaban J connectivity index is 1.35. The molecular weight excluding hydrogens is 414 g/mol. The van der Waals surface area contributed by atoms with Crippen LogP contribution < -0.4 is 10.6 Å². The Kier molecular flexibility index (Phi) is 7.14. The lowest BCUT2D eigenvalue weighted by Gasteiger charge is -2.38. The van der Waals surface area contributed by atoms with Crippen molar-refractivity contribution >= 4 is 34.9 Å². The van der Waals surface area contributed by atoms with Gasteiger partial charge < -0.3 is 15.5 Å². The van der Waals surface area contributed by atoms with E-state index in [1.165, 1.54) is 44.5 Å². The monoisotopic (exact) mass is 441 g/mol. The molecule has 0 unspecified atom stereocenters. The zero-order chi connectivity index (χ0) is 21.6. The van der Waals surface area contributed by atoms with Gasteiger partial charge in [-0.2, -0.15) is 0 Å². The number of carbonyl (C=O) groups excluding carboxylic acids is 2. The molecule has 8 heteroatoms. The third-order valence-electron chi connectivity index (χ3n) is 6.24. The minimum absolute atomic E-state index is 0.0463. The van der Waals surface area contributed by atoms with Crippen molar-refractivity contribution in [3.05, 3.63) is 47.4 Å². The van der Waals surface area contributed by atoms with Gasteiger partial charge in [0.05, 0.1) is 10.7 Å². The standard InChI is InChI=1S/C23H28ClN5O2/c24-17-8-9-20(26-15-17)28-23(31)21-19(7-4-12-25-21)27-22(30)16-10-13-29(14-11-16)18-5-2-1-3-6-18/h4,7-9,12,15-16,18H,1-3,5-6,10-11,13-14H2,(H,27,30)(H,26,28,31). The van der Waals surface area contributed by atoms with Crippen LogP contribution >= 0.6 is 11.6 Å². The van der Waals surface area contributed by atoms with E-state index in [1.807, 2.05) is 0 Å². The molecule has 1 aliphatic heterocycles. The van der Waals surface area contributed by atoms with Crippen LogP contribution in [0.1, 0.15) is 55.4 Å². The Morgan fingerprint density at radius 3 is 2.45 bits per heavy atom. The second-order valence-electron chi connectivity index (χ2n) is 8.31. The number of nitrogens with zero attached hydrogens (tertiary/aromatic N) is 3. The molecule has 7 nitrogen and oxygen atoms in total. The van der Waals surface area contributed by atoms with E-state index < -0.39 is 5.91 Å². The van der Waals surface area contributed by atoms with Crippen molar-refractivity contribution in [3.8, 4) is 0 Å². The van der Waals surface area contributed by atoms with Gasteiger partial charge in [-0.15, -0.1) is 0 Å². The molecular formula is C23H28ClN5O2. The topological polar surface area (TPSA) is 87.2 Å². The van der Waals surface area contributed by atoms with Gasteiger partial charge in [0.1, 0.15) is 5.82 Å². The number of halogens is 1. The third kappa shape index (κ3) is 5.60. The molecule has 0 radical (unpaired) electrons. The van der Waals surface area contributed by atoms with Crippen LogP contribution in [0, 0.1) is 5.92 Å². The van der Waals surface area contributed by atoms with Crippen LogP contribution in [0.3, 0.4) is 0 Å². The number of aromatic nitrogens is 2. The first-order valence-corrected chi connectivity index (χ1v) is 11.4. The Morgan fingerprint density at radius 2 is 1.74 bits per heavy atom. The zero-order valence-electron chi connectivity index (χ0n) is 17.5. The van der Waals surface area contributed by atoms with Gasteiger partial charge in [0.2, 0.25) is 5.91 Å². The fourth-order valence-corrected chi connectivity index (χ4v) is 4.63. The summed E-state index contributed by atoms with van der Waals surface area (Å²) in [6.45, 7) is 1.93. The highest BCUT2D eigenvalue weighted by atomic mass is 35.5. The second-order valence-corrected chi connectivity index (χ2v) is 8.74. The van der Waals surface area contributed by atoms with Gasteiger partial charge in [-0.3, -0.25) is 9.59 Å². The summed E-state index contributed by atoms with van der Waals surface area (Å²) >= 11 is 5.84. The van der Waals surface area contributed by atoms with E-state index in [4.69, 9.17) is 11.6 Å². The van der Waals surface area contributed by atoms with Crippen LogP contribution in [0.25, 0.3) is 0 Å². The Morgan fingerprint density at radius 1 is 0.968 bits per heavy atom. The summed E-state index contributed by atoms with van der Waals surface area (Å²) in [5.74, 6) is -0.158. The van der Waals surface area contributed by atoms with Crippen molar-refractivity contribution < 1.29 is 9.59 Å². The molecule has 2 aromatic heterocycles. The van der Waals surface area contributed by atoms with E-state index in [0.29, 0.717) is 22.6 Å². The van der Waals surface area contributed by atoms with Gasteiger partial charge in [-0.05, 0) is 63.0 Å². The van der Waals surface area contributed by atoms with E-state index in [-0.39, 0.29) is 17.5 Å². The number of carbonyl (C=O) groups is 2. The van der Waals surface area contributed by atoms with Crippen molar-refractivity contribution in [2.75, 3.05) is 23.7 Å².